The highest BCUT2D eigenvalue weighted by molar-refractivity contribution is 6.35. The second kappa shape index (κ2) is 5.13. The summed E-state index contributed by atoms with van der Waals surface area (Å²) in [6.45, 7) is 1.71. The lowest BCUT2D eigenvalue weighted by molar-refractivity contribution is 0.103. The molecule has 2 aromatic carbocycles. The summed E-state index contributed by atoms with van der Waals surface area (Å²) < 4.78 is 0. The van der Waals surface area contributed by atoms with Crippen LogP contribution in [0.15, 0.2) is 36.4 Å². The quantitative estimate of drug-likeness (QED) is 0.672. The first kappa shape index (κ1) is 13.1. The fraction of sp³-hybridized carbons (Fsp3) is 0.0667. The van der Waals surface area contributed by atoms with E-state index in [1.54, 1.807) is 43.3 Å². The van der Waals surface area contributed by atoms with E-state index in [1.807, 2.05) is 6.07 Å². The Kier molecular flexibility index (Phi) is 3.55. The third-order valence-electron chi connectivity index (χ3n) is 2.97. The molecule has 0 amide bonds. The Morgan fingerprint density at radius 1 is 1.21 bits per heavy atom. The summed E-state index contributed by atoms with van der Waals surface area (Å²) in [5.74, 6) is -0.209. The van der Waals surface area contributed by atoms with E-state index in [0.29, 0.717) is 33.0 Å². The summed E-state index contributed by atoms with van der Waals surface area (Å²) >= 11 is 6.02. The van der Waals surface area contributed by atoms with Crippen LogP contribution < -0.4 is 5.73 Å². The maximum absolute atomic E-state index is 12.4. The average Bonchev–Trinajstić information content (AvgIpc) is 2.39. The Labute approximate surface area is 116 Å². The van der Waals surface area contributed by atoms with Gasteiger partial charge in [0.1, 0.15) is 6.07 Å². The SMILES string of the molecule is Cc1c(C(=O)c2ccccc2Cl)ccc(N)c1C#N. The molecule has 0 fully saturated rings. The van der Waals surface area contributed by atoms with Gasteiger partial charge in [0.05, 0.1) is 10.6 Å². The summed E-state index contributed by atoms with van der Waals surface area (Å²) in [6.07, 6.45) is 0. The van der Waals surface area contributed by atoms with Crippen LogP contribution in [0.3, 0.4) is 0 Å². The van der Waals surface area contributed by atoms with Crippen LogP contribution in [-0.4, -0.2) is 5.78 Å². The minimum absolute atomic E-state index is 0.209. The van der Waals surface area contributed by atoms with Crippen molar-refractivity contribution in [3.05, 3.63) is 63.7 Å². The number of hydrogen-bond donors (Lipinski definition) is 1. The van der Waals surface area contributed by atoms with Gasteiger partial charge in [-0.25, -0.2) is 0 Å². The van der Waals surface area contributed by atoms with Gasteiger partial charge in [-0.1, -0.05) is 23.7 Å². The summed E-state index contributed by atoms with van der Waals surface area (Å²) in [7, 11) is 0. The van der Waals surface area contributed by atoms with Crippen molar-refractivity contribution in [2.45, 2.75) is 6.92 Å². The molecule has 2 rings (SSSR count). The van der Waals surface area contributed by atoms with Crippen LogP contribution in [0.1, 0.15) is 27.0 Å². The number of anilines is 1. The lowest BCUT2D eigenvalue weighted by atomic mass is 9.95. The Balaban J connectivity index is 2.59. The first-order valence-electron chi connectivity index (χ1n) is 5.64. The molecule has 0 aliphatic carbocycles. The molecule has 0 aromatic heterocycles. The molecule has 0 unspecified atom stereocenters. The highest BCUT2D eigenvalue weighted by Crippen LogP contribution is 2.25. The van der Waals surface area contributed by atoms with E-state index in [9.17, 15) is 4.79 Å². The number of carbonyl (C=O) groups is 1. The molecule has 2 aromatic rings. The van der Waals surface area contributed by atoms with Gasteiger partial charge in [-0.2, -0.15) is 5.26 Å². The number of nitrogen functional groups attached to an aromatic ring is 1. The van der Waals surface area contributed by atoms with Crippen molar-refractivity contribution in [2.75, 3.05) is 5.73 Å². The van der Waals surface area contributed by atoms with E-state index in [2.05, 4.69) is 0 Å². The fourth-order valence-electron chi connectivity index (χ4n) is 1.92. The summed E-state index contributed by atoms with van der Waals surface area (Å²) in [5, 5.41) is 9.45. The fourth-order valence-corrected chi connectivity index (χ4v) is 2.14. The van der Waals surface area contributed by atoms with Crippen molar-refractivity contribution >= 4 is 23.1 Å². The lowest BCUT2D eigenvalue weighted by Crippen LogP contribution is -2.07. The van der Waals surface area contributed by atoms with Crippen LogP contribution in [0.4, 0.5) is 5.69 Å². The molecule has 0 saturated heterocycles. The van der Waals surface area contributed by atoms with Crippen molar-refractivity contribution in [1.29, 1.82) is 5.26 Å². The molecule has 0 atom stereocenters. The monoisotopic (exact) mass is 270 g/mol. The van der Waals surface area contributed by atoms with Crippen molar-refractivity contribution in [3.63, 3.8) is 0 Å². The maximum Gasteiger partial charge on any atom is 0.194 e. The van der Waals surface area contributed by atoms with Gasteiger partial charge in [0.15, 0.2) is 5.78 Å². The van der Waals surface area contributed by atoms with E-state index in [0.717, 1.165) is 0 Å². The van der Waals surface area contributed by atoms with Crippen LogP contribution in [0.5, 0.6) is 0 Å². The molecule has 3 nitrogen and oxygen atoms in total. The molecule has 94 valence electrons. The van der Waals surface area contributed by atoms with Crippen molar-refractivity contribution < 1.29 is 4.79 Å². The van der Waals surface area contributed by atoms with Crippen molar-refractivity contribution in [3.8, 4) is 6.07 Å². The Morgan fingerprint density at radius 3 is 2.53 bits per heavy atom. The second-order valence-electron chi connectivity index (χ2n) is 4.12. The molecule has 0 bridgehead atoms. The molecule has 0 spiro atoms. The molecule has 4 heteroatoms. The Hall–Kier alpha value is -2.31. The van der Waals surface area contributed by atoms with Gasteiger partial charge in [0.25, 0.3) is 0 Å². The molecule has 0 heterocycles. The minimum Gasteiger partial charge on any atom is -0.398 e. The van der Waals surface area contributed by atoms with E-state index in [4.69, 9.17) is 22.6 Å². The largest absolute Gasteiger partial charge is 0.398 e. The van der Waals surface area contributed by atoms with E-state index < -0.39 is 0 Å². The predicted octanol–water partition coefficient (Wildman–Crippen LogP) is 3.33. The number of nitrogens with two attached hydrogens (primary N) is 1. The van der Waals surface area contributed by atoms with Gasteiger partial charge in [-0.3, -0.25) is 4.79 Å². The first-order valence-corrected chi connectivity index (χ1v) is 6.02. The first-order chi connectivity index (χ1) is 9.06. The molecule has 0 aliphatic rings. The zero-order chi connectivity index (χ0) is 14.0. The number of rotatable bonds is 2. The standard InChI is InChI=1S/C15H11ClN2O/c1-9-10(6-7-14(18)12(9)8-17)15(19)11-4-2-3-5-13(11)16/h2-7H,18H2,1H3. The molecule has 19 heavy (non-hydrogen) atoms. The highest BCUT2D eigenvalue weighted by Gasteiger charge is 2.17. The van der Waals surface area contributed by atoms with Crippen molar-refractivity contribution in [2.24, 2.45) is 0 Å². The van der Waals surface area contributed by atoms with Gasteiger partial charge in [0, 0.05) is 16.8 Å². The summed E-state index contributed by atoms with van der Waals surface area (Å²) in [4.78, 5) is 12.4. The average molecular weight is 271 g/mol. The lowest BCUT2D eigenvalue weighted by Gasteiger charge is -2.09. The smallest absolute Gasteiger partial charge is 0.194 e. The van der Waals surface area contributed by atoms with E-state index in [-0.39, 0.29) is 5.78 Å². The van der Waals surface area contributed by atoms with Gasteiger partial charge in [-0.15, -0.1) is 0 Å². The Bertz CT molecular complexity index is 702. The van der Waals surface area contributed by atoms with Crippen LogP contribution in [0.2, 0.25) is 5.02 Å². The molecule has 0 saturated carbocycles. The topological polar surface area (TPSA) is 66.9 Å². The van der Waals surface area contributed by atoms with Crippen LogP contribution in [0.25, 0.3) is 0 Å². The number of benzene rings is 2. The number of halogens is 1. The number of carbonyl (C=O) groups excluding carboxylic acids is 1. The summed E-state index contributed by atoms with van der Waals surface area (Å²) in [5.41, 5.74) is 7.85. The number of ketones is 1. The normalized spacial score (nSPS) is 9.95. The third-order valence-corrected chi connectivity index (χ3v) is 3.30. The molecule has 0 radical (unpaired) electrons. The highest BCUT2D eigenvalue weighted by atomic mass is 35.5. The van der Waals surface area contributed by atoms with Crippen LogP contribution >= 0.6 is 11.6 Å². The second-order valence-corrected chi connectivity index (χ2v) is 4.53. The zero-order valence-electron chi connectivity index (χ0n) is 10.3. The minimum atomic E-state index is -0.209. The maximum atomic E-state index is 12.4. The Morgan fingerprint density at radius 2 is 1.89 bits per heavy atom. The van der Waals surface area contributed by atoms with Gasteiger partial charge >= 0.3 is 0 Å². The van der Waals surface area contributed by atoms with Crippen molar-refractivity contribution in [1.82, 2.24) is 0 Å². The zero-order valence-corrected chi connectivity index (χ0v) is 11.0. The molecular formula is C15H11ClN2O. The molecule has 2 N–H and O–H groups in total. The van der Waals surface area contributed by atoms with Gasteiger partial charge in [-0.05, 0) is 36.8 Å². The van der Waals surface area contributed by atoms with E-state index in [1.165, 1.54) is 0 Å². The third kappa shape index (κ3) is 2.31. The van der Waals surface area contributed by atoms with Gasteiger partial charge < -0.3 is 5.73 Å². The summed E-state index contributed by atoms with van der Waals surface area (Å²) in [6, 6.07) is 12.0. The predicted molar refractivity (Wildman–Crippen MR) is 75.2 cm³/mol. The number of hydrogen-bond acceptors (Lipinski definition) is 3. The molecule has 0 aliphatic heterocycles. The van der Waals surface area contributed by atoms with E-state index >= 15 is 0 Å². The van der Waals surface area contributed by atoms with Gasteiger partial charge in [0.2, 0.25) is 0 Å². The number of nitrogens with zero attached hydrogens (tertiary/aromatic N) is 1. The van der Waals surface area contributed by atoms with Crippen LogP contribution in [-0.2, 0) is 0 Å². The molecular weight excluding hydrogens is 260 g/mol. The van der Waals surface area contributed by atoms with Crippen LogP contribution in [0, 0.1) is 18.3 Å². The number of nitriles is 1.